The van der Waals surface area contributed by atoms with Crippen LogP contribution in [0.2, 0.25) is 0 Å². The van der Waals surface area contributed by atoms with Crippen molar-refractivity contribution >= 4 is 21.9 Å². The van der Waals surface area contributed by atoms with Crippen molar-refractivity contribution in [2.24, 2.45) is 0 Å². The van der Waals surface area contributed by atoms with E-state index in [1.807, 2.05) is 18.7 Å². The molecule has 0 saturated carbocycles. The van der Waals surface area contributed by atoms with Gasteiger partial charge in [0.2, 0.25) is 16.0 Å². The van der Waals surface area contributed by atoms with Crippen molar-refractivity contribution in [2.75, 3.05) is 44.2 Å². The standard InChI is InChI=1S/C21H27N5O4S/c1-16-14-26(15-17(2)30-16)31(28,29)19-6-4-18(5-7-19)20(27)24-10-12-25(13-11-24)21-22-8-3-9-23-21/h3-9,16-17H,10-15H2,1-2H3/t16-,17+. The Labute approximate surface area is 182 Å². The number of sulfonamides is 1. The molecule has 3 heterocycles. The van der Waals surface area contributed by atoms with Gasteiger partial charge in [0.15, 0.2) is 0 Å². The van der Waals surface area contributed by atoms with Crippen molar-refractivity contribution in [3.8, 4) is 0 Å². The summed E-state index contributed by atoms with van der Waals surface area (Å²) in [6, 6.07) is 7.99. The maximum atomic E-state index is 13.0. The summed E-state index contributed by atoms with van der Waals surface area (Å²) >= 11 is 0. The molecule has 2 aliphatic heterocycles. The van der Waals surface area contributed by atoms with Crippen LogP contribution in [0.3, 0.4) is 0 Å². The van der Waals surface area contributed by atoms with Gasteiger partial charge in [-0.25, -0.2) is 18.4 Å². The van der Waals surface area contributed by atoms with Gasteiger partial charge < -0.3 is 14.5 Å². The van der Waals surface area contributed by atoms with Crippen molar-refractivity contribution in [1.29, 1.82) is 0 Å². The van der Waals surface area contributed by atoms with Crippen LogP contribution in [0.1, 0.15) is 24.2 Å². The number of carbonyl (C=O) groups excluding carboxylic acids is 1. The van der Waals surface area contributed by atoms with Gasteiger partial charge in [-0.2, -0.15) is 4.31 Å². The Hall–Kier alpha value is -2.56. The molecule has 2 atom stereocenters. The molecule has 1 amide bonds. The molecule has 9 nitrogen and oxygen atoms in total. The Kier molecular flexibility index (Phi) is 6.22. The molecule has 0 radical (unpaired) electrons. The third-order valence-electron chi connectivity index (χ3n) is 5.53. The summed E-state index contributed by atoms with van der Waals surface area (Å²) in [5.74, 6) is 0.558. The SMILES string of the molecule is C[C@@H]1CN(S(=O)(=O)c2ccc(C(=O)N3CCN(c4ncccn4)CC3)cc2)C[C@H](C)O1. The van der Waals surface area contributed by atoms with Crippen LogP contribution in [-0.4, -0.2) is 85.0 Å². The first-order chi connectivity index (χ1) is 14.8. The fourth-order valence-corrected chi connectivity index (χ4v) is 5.58. The van der Waals surface area contributed by atoms with Crippen LogP contribution in [0.5, 0.6) is 0 Å². The maximum Gasteiger partial charge on any atom is 0.253 e. The summed E-state index contributed by atoms with van der Waals surface area (Å²) in [6.07, 6.45) is 3.10. The quantitative estimate of drug-likeness (QED) is 0.699. The summed E-state index contributed by atoms with van der Waals surface area (Å²) < 4.78 is 33.1. The minimum Gasteiger partial charge on any atom is -0.373 e. The van der Waals surface area contributed by atoms with Crippen molar-refractivity contribution in [1.82, 2.24) is 19.2 Å². The van der Waals surface area contributed by atoms with E-state index in [9.17, 15) is 13.2 Å². The average Bonchev–Trinajstić information content (AvgIpc) is 2.79. The highest BCUT2D eigenvalue weighted by Crippen LogP contribution is 2.22. The molecule has 0 aliphatic carbocycles. The van der Waals surface area contributed by atoms with Crippen molar-refractivity contribution in [3.05, 3.63) is 48.3 Å². The first-order valence-electron chi connectivity index (χ1n) is 10.4. The van der Waals surface area contributed by atoms with Gasteiger partial charge in [0.25, 0.3) is 5.91 Å². The summed E-state index contributed by atoms with van der Waals surface area (Å²) in [5.41, 5.74) is 0.479. The first-order valence-corrected chi connectivity index (χ1v) is 11.9. The number of aromatic nitrogens is 2. The molecular weight excluding hydrogens is 418 g/mol. The van der Waals surface area contributed by atoms with Gasteiger partial charge in [0, 0.05) is 57.2 Å². The van der Waals surface area contributed by atoms with Crippen LogP contribution >= 0.6 is 0 Å². The number of morpholine rings is 1. The van der Waals surface area contributed by atoms with Gasteiger partial charge in [-0.3, -0.25) is 4.79 Å². The number of rotatable bonds is 4. The Morgan fingerprint density at radius 3 is 2.13 bits per heavy atom. The highest BCUT2D eigenvalue weighted by Gasteiger charge is 2.32. The summed E-state index contributed by atoms with van der Waals surface area (Å²) in [5, 5.41) is 0. The van der Waals surface area contributed by atoms with E-state index in [0.717, 1.165) is 0 Å². The molecule has 2 aromatic rings. The minimum atomic E-state index is -3.63. The summed E-state index contributed by atoms with van der Waals surface area (Å²) in [4.78, 5) is 25.4. The van der Waals surface area contributed by atoms with E-state index in [1.54, 1.807) is 35.5 Å². The first kappa shape index (κ1) is 21.7. The molecule has 10 heteroatoms. The number of hydrogen-bond donors (Lipinski definition) is 0. The second-order valence-electron chi connectivity index (χ2n) is 7.93. The normalized spacial score (nSPS) is 23.0. The molecule has 0 unspecified atom stereocenters. The summed E-state index contributed by atoms with van der Waals surface area (Å²) in [6.45, 7) is 6.78. The number of piperazine rings is 1. The van der Waals surface area contributed by atoms with Gasteiger partial charge in [0.05, 0.1) is 17.1 Å². The van der Waals surface area contributed by atoms with E-state index in [2.05, 4.69) is 9.97 Å². The van der Waals surface area contributed by atoms with Crippen molar-refractivity contribution in [3.63, 3.8) is 0 Å². The number of carbonyl (C=O) groups is 1. The lowest BCUT2D eigenvalue weighted by Gasteiger charge is -2.35. The smallest absolute Gasteiger partial charge is 0.253 e. The maximum absolute atomic E-state index is 13.0. The van der Waals surface area contributed by atoms with E-state index in [4.69, 9.17) is 4.74 Å². The zero-order valence-electron chi connectivity index (χ0n) is 17.7. The Morgan fingerprint density at radius 1 is 0.968 bits per heavy atom. The molecular formula is C21H27N5O4S. The van der Waals surface area contributed by atoms with Crippen LogP contribution in [0, 0.1) is 0 Å². The predicted octanol–water partition coefficient (Wildman–Crippen LogP) is 1.24. The van der Waals surface area contributed by atoms with Crippen LogP contribution in [0.15, 0.2) is 47.6 Å². The number of benzene rings is 1. The monoisotopic (exact) mass is 445 g/mol. The van der Waals surface area contributed by atoms with Crippen molar-refractivity contribution in [2.45, 2.75) is 31.0 Å². The lowest BCUT2D eigenvalue weighted by molar-refractivity contribution is -0.0440. The van der Waals surface area contributed by atoms with Gasteiger partial charge in [-0.05, 0) is 44.2 Å². The molecule has 0 N–H and O–H groups in total. The Balaban J connectivity index is 1.41. The number of hydrogen-bond acceptors (Lipinski definition) is 7. The highest BCUT2D eigenvalue weighted by molar-refractivity contribution is 7.89. The average molecular weight is 446 g/mol. The van der Waals surface area contributed by atoms with Gasteiger partial charge in [0.1, 0.15) is 0 Å². The van der Waals surface area contributed by atoms with E-state index in [0.29, 0.717) is 50.8 Å². The van der Waals surface area contributed by atoms with Crippen LogP contribution in [0.4, 0.5) is 5.95 Å². The summed E-state index contributed by atoms with van der Waals surface area (Å²) in [7, 11) is -3.63. The predicted molar refractivity (Wildman–Crippen MR) is 115 cm³/mol. The topological polar surface area (TPSA) is 95.9 Å². The zero-order chi connectivity index (χ0) is 22.0. The molecule has 4 rings (SSSR count). The molecule has 1 aromatic carbocycles. The number of nitrogens with zero attached hydrogens (tertiary/aromatic N) is 5. The lowest BCUT2D eigenvalue weighted by atomic mass is 10.2. The van der Waals surface area contributed by atoms with E-state index >= 15 is 0 Å². The largest absolute Gasteiger partial charge is 0.373 e. The van der Waals surface area contributed by atoms with Crippen LogP contribution in [0.25, 0.3) is 0 Å². The minimum absolute atomic E-state index is 0.105. The van der Waals surface area contributed by atoms with Gasteiger partial charge in [-0.15, -0.1) is 0 Å². The Morgan fingerprint density at radius 2 is 1.55 bits per heavy atom. The van der Waals surface area contributed by atoms with E-state index in [-0.39, 0.29) is 23.0 Å². The number of anilines is 1. The van der Waals surface area contributed by atoms with Gasteiger partial charge in [-0.1, -0.05) is 0 Å². The zero-order valence-corrected chi connectivity index (χ0v) is 18.5. The second kappa shape index (κ2) is 8.89. The number of ether oxygens (including phenoxy) is 1. The fourth-order valence-electron chi connectivity index (χ4n) is 3.99. The highest BCUT2D eigenvalue weighted by atomic mass is 32.2. The van der Waals surface area contributed by atoms with Crippen LogP contribution < -0.4 is 4.90 Å². The van der Waals surface area contributed by atoms with Crippen LogP contribution in [-0.2, 0) is 14.8 Å². The Bertz CT molecular complexity index is 998. The molecule has 0 spiro atoms. The third-order valence-corrected chi connectivity index (χ3v) is 7.37. The van der Waals surface area contributed by atoms with Gasteiger partial charge >= 0.3 is 0 Å². The van der Waals surface area contributed by atoms with E-state index < -0.39 is 10.0 Å². The van der Waals surface area contributed by atoms with Crippen molar-refractivity contribution < 1.29 is 17.9 Å². The molecule has 0 bridgehead atoms. The molecule has 31 heavy (non-hydrogen) atoms. The molecule has 2 aliphatic rings. The molecule has 2 fully saturated rings. The second-order valence-corrected chi connectivity index (χ2v) is 9.87. The number of amides is 1. The van der Waals surface area contributed by atoms with E-state index in [1.165, 1.54) is 16.4 Å². The molecule has 2 saturated heterocycles. The molecule has 1 aromatic heterocycles. The fraction of sp³-hybridized carbons (Fsp3) is 0.476. The lowest BCUT2D eigenvalue weighted by Crippen LogP contribution is -2.49. The molecule has 166 valence electrons. The third kappa shape index (κ3) is 4.70.